The fraction of sp³-hybridized carbons (Fsp3) is 0.250. The third-order valence-electron chi connectivity index (χ3n) is 4.53. The summed E-state index contributed by atoms with van der Waals surface area (Å²) in [4.78, 5) is 32.6. The van der Waals surface area contributed by atoms with Crippen molar-refractivity contribution in [3.8, 4) is 0 Å². The van der Waals surface area contributed by atoms with Gasteiger partial charge in [0.1, 0.15) is 10.8 Å². The monoisotopic (exact) mass is 434 g/mol. The topological polar surface area (TPSA) is 84.0 Å². The van der Waals surface area contributed by atoms with Crippen LogP contribution in [0, 0.1) is 0 Å². The zero-order valence-corrected chi connectivity index (χ0v) is 18.9. The standard InChI is InChI=1S/C24H26N4O2S/c1-16(29)27-21-14-17(11-13-25-21)15-31-23-20(6-5-12-26-23)22(30)28-19-9-7-18(8-10-19)24(2,3)4/h5-14H,15H2,1-4H3,(H,28,30)(H,25,27,29). The fourth-order valence-electron chi connectivity index (χ4n) is 2.90. The molecule has 0 aliphatic rings. The van der Waals surface area contributed by atoms with E-state index in [1.165, 1.54) is 24.2 Å². The molecule has 0 saturated heterocycles. The summed E-state index contributed by atoms with van der Waals surface area (Å²) < 4.78 is 0. The first-order valence-electron chi connectivity index (χ1n) is 9.94. The Kier molecular flexibility index (Phi) is 7.07. The zero-order chi connectivity index (χ0) is 22.4. The molecule has 0 bridgehead atoms. The SMILES string of the molecule is CC(=O)Nc1cc(CSc2ncccc2C(=O)Nc2ccc(C(C)(C)C)cc2)ccn1. The molecule has 0 fully saturated rings. The number of nitrogens with zero attached hydrogens (tertiary/aromatic N) is 2. The van der Waals surface area contributed by atoms with Gasteiger partial charge in [0.2, 0.25) is 5.91 Å². The van der Waals surface area contributed by atoms with Crippen LogP contribution in [-0.4, -0.2) is 21.8 Å². The van der Waals surface area contributed by atoms with E-state index in [2.05, 4.69) is 41.4 Å². The van der Waals surface area contributed by atoms with E-state index in [9.17, 15) is 9.59 Å². The molecule has 0 atom stereocenters. The highest BCUT2D eigenvalue weighted by atomic mass is 32.2. The van der Waals surface area contributed by atoms with Crippen molar-refractivity contribution in [3.63, 3.8) is 0 Å². The van der Waals surface area contributed by atoms with Crippen LogP contribution in [0.2, 0.25) is 0 Å². The smallest absolute Gasteiger partial charge is 0.258 e. The van der Waals surface area contributed by atoms with Crippen molar-refractivity contribution < 1.29 is 9.59 Å². The number of aromatic nitrogens is 2. The molecule has 0 spiro atoms. The van der Waals surface area contributed by atoms with E-state index in [4.69, 9.17) is 0 Å². The average Bonchev–Trinajstić information content (AvgIpc) is 2.72. The van der Waals surface area contributed by atoms with Gasteiger partial charge in [-0.05, 0) is 52.9 Å². The van der Waals surface area contributed by atoms with Crippen LogP contribution in [0.4, 0.5) is 11.5 Å². The first-order valence-corrected chi connectivity index (χ1v) is 10.9. The van der Waals surface area contributed by atoms with Gasteiger partial charge < -0.3 is 10.6 Å². The predicted octanol–water partition coefficient (Wildman–Crippen LogP) is 5.28. The van der Waals surface area contributed by atoms with Crippen LogP contribution in [-0.2, 0) is 16.0 Å². The third kappa shape index (κ3) is 6.39. The van der Waals surface area contributed by atoms with Crippen molar-refractivity contribution in [2.75, 3.05) is 10.6 Å². The van der Waals surface area contributed by atoms with Crippen LogP contribution in [0.15, 0.2) is 66.0 Å². The minimum Gasteiger partial charge on any atom is -0.322 e. The van der Waals surface area contributed by atoms with Gasteiger partial charge in [0.25, 0.3) is 5.91 Å². The summed E-state index contributed by atoms with van der Waals surface area (Å²) in [5, 5.41) is 6.27. The molecule has 31 heavy (non-hydrogen) atoms. The van der Waals surface area contributed by atoms with Crippen molar-refractivity contribution in [1.29, 1.82) is 0 Å². The van der Waals surface area contributed by atoms with Crippen molar-refractivity contribution in [2.24, 2.45) is 0 Å². The largest absolute Gasteiger partial charge is 0.322 e. The first kappa shape index (κ1) is 22.5. The summed E-state index contributed by atoms with van der Waals surface area (Å²) in [6.07, 6.45) is 3.32. The lowest BCUT2D eigenvalue weighted by molar-refractivity contribution is -0.114. The van der Waals surface area contributed by atoms with E-state index >= 15 is 0 Å². The Morgan fingerprint density at radius 3 is 2.39 bits per heavy atom. The lowest BCUT2D eigenvalue weighted by Gasteiger charge is -2.19. The number of thioether (sulfide) groups is 1. The minimum atomic E-state index is -0.201. The summed E-state index contributed by atoms with van der Waals surface area (Å²) >= 11 is 1.46. The number of rotatable bonds is 6. The lowest BCUT2D eigenvalue weighted by atomic mass is 9.87. The Morgan fingerprint density at radius 2 is 1.71 bits per heavy atom. The van der Waals surface area contributed by atoms with Gasteiger partial charge in [-0.1, -0.05) is 32.9 Å². The summed E-state index contributed by atoms with van der Waals surface area (Å²) in [6.45, 7) is 7.91. The third-order valence-corrected chi connectivity index (χ3v) is 5.61. The molecule has 6 nitrogen and oxygen atoms in total. The lowest BCUT2D eigenvalue weighted by Crippen LogP contribution is -2.14. The zero-order valence-electron chi connectivity index (χ0n) is 18.1. The molecule has 0 aliphatic carbocycles. The Bertz CT molecular complexity index is 1080. The molecule has 3 rings (SSSR count). The number of hydrogen-bond acceptors (Lipinski definition) is 5. The van der Waals surface area contributed by atoms with Gasteiger partial charge in [0.05, 0.1) is 5.56 Å². The molecule has 160 valence electrons. The molecule has 2 aromatic heterocycles. The number of nitrogens with one attached hydrogen (secondary N) is 2. The van der Waals surface area contributed by atoms with Gasteiger partial charge in [-0.25, -0.2) is 9.97 Å². The number of pyridine rings is 2. The van der Waals surface area contributed by atoms with Gasteiger partial charge in [0, 0.05) is 30.8 Å². The van der Waals surface area contributed by atoms with Crippen molar-refractivity contribution in [1.82, 2.24) is 9.97 Å². The van der Waals surface area contributed by atoms with Crippen LogP contribution >= 0.6 is 11.8 Å². The van der Waals surface area contributed by atoms with E-state index in [0.717, 1.165) is 11.3 Å². The summed E-state index contributed by atoms with van der Waals surface area (Å²) in [5.74, 6) is 0.722. The Morgan fingerprint density at radius 1 is 0.968 bits per heavy atom. The molecule has 0 radical (unpaired) electrons. The summed E-state index contributed by atoms with van der Waals surface area (Å²) in [7, 11) is 0. The number of amides is 2. The highest BCUT2D eigenvalue weighted by Gasteiger charge is 2.15. The van der Waals surface area contributed by atoms with Crippen LogP contribution in [0.1, 0.15) is 49.2 Å². The number of benzene rings is 1. The second kappa shape index (κ2) is 9.75. The molecule has 7 heteroatoms. The second-order valence-corrected chi connectivity index (χ2v) is 9.12. The highest BCUT2D eigenvalue weighted by Crippen LogP contribution is 2.27. The molecule has 0 unspecified atom stereocenters. The van der Waals surface area contributed by atoms with Gasteiger partial charge >= 0.3 is 0 Å². The predicted molar refractivity (Wildman–Crippen MR) is 125 cm³/mol. The molecular weight excluding hydrogens is 408 g/mol. The number of carbonyl (C=O) groups is 2. The number of hydrogen-bond donors (Lipinski definition) is 2. The van der Waals surface area contributed by atoms with Gasteiger partial charge in [-0.3, -0.25) is 9.59 Å². The van der Waals surface area contributed by atoms with Crippen LogP contribution in [0.3, 0.4) is 0 Å². The van der Waals surface area contributed by atoms with Crippen LogP contribution in [0.25, 0.3) is 0 Å². The van der Waals surface area contributed by atoms with E-state index in [0.29, 0.717) is 22.2 Å². The quantitative estimate of drug-likeness (QED) is 0.516. The highest BCUT2D eigenvalue weighted by molar-refractivity contribution is 7.98. The molecule has 2 amide bonds. The van der Waals surface area contributed by atoms with Crippen molar-refractivity contribution in [3.05, 3.63) is 77.6 Å². The van der Waals surface area contributed by atoms with Gasteiger partial charge in [-0.2, -0.15) is 0 Å². The maximum absolute atomic E-state index is 12.9. The molecular formula is C24H26N4O2S. The molecule has 0 saturated carbocycles. The molecule has 2 N–H and O–H groups in total. The van der Waals surface area contributed by atoms with E-state index in [-0.39, 0.29) is 17.2 Å². The van der Waals surface area contributed by atoms with Crippen LogP contribution in [0.5, 0.6) is 0 Å². The summed E-state index contributed by atoms with van der Waals surface area (Å²) in [6, 6.07) is 15.1. The van der Waals surface area contributed by atoms with Crippen molar-refractivity contribution >= 4 is 35.1 Å². The minimum absolute atomic E-state index is 0.0580. The van der Waals surface area contributed by atoms with E-state index in [1.807, 2.05) is 36.4 Å². The van der Waals surface area contributed by atoms with Crippen molar-refractivity contribution in [2.45, 2.75) is 43.9 Å². The number of anilines is 2. The first-order chi connectivity index (χ1) is 14.7. The maximum atomic E-state index is 12.9. The Hall–Kier alpha value is -3.19. The van der Waals surface area contributed by atoms with E-state index < -0.39 is 0 Å². The van der Waals surface area contributed by atoms with Crippen LogP contribution < -0.4 is 10.6 Å². The Balaban J connectivity index is 1.70. The second-order valence-electron chi connectivity index (χ2n) is 8.16. The normalized spacial score (nSPS) is 11.1. The average molecular weight is 435 g/mol. The molecule has 3 aromatic rings. The maximum Gasteiger partial charge on any atom is 0.258 e. The molecule has 0 aliphatic heterocycles. The fourth-order valence-corrected chi connectivity index (χ4v) is 3.83. The molecule has 1 aromatic carbocycles. The van der Waals surface area contributed by atoms with Gasteiger partial charge in [-0.15, -0.1) is 11.8 Å². The molecule has 2 heterocycles. The Labute approximate surface area is 186 Å². The number of carbonyl (C=O) groups excluding carboxylic acids is 2. The van der Waals surface area contributed by atoms with E-state index in [1.54, 1.807) is 24.5 Å². The van der Waals surface area contributed by atoms with Gasteiger partial charge in [0.15, 0.2) is 0 Å². The summed E-state index contributed by atoms with van der Waals surface area (Å²) in [5.41, 5.74) is 3.50.